The van der Waals surface area contributed by atoms with Crippen molar-refractivity contribution >= 4 is 16.0 Å². The van der Waals surface area contributed by atoms with Crippen molar-refractivity contribution in [3.05, 3.63) is 35.9 Å². The molecule has 1 aromatic rings. The molecule has 0 spiro atoms. The van der Waals surface area contributed by atoms with Crippen LogP contribution in [0.5, 0.6) is 0 Å². The van der Waals surface area contributed by atoms with Crippen molar-refractivity contribution in [1.82, 2.24) is 5.32 Å². The zero-order valence-electron chi connectivity index (χ0n) is 24.3. The lowest BCUT2D eigenvalue weighted by Gasteiger charge is -2.62. The molecular formula is C32H49NO6S. The van der Waals surface area contributed by atoms with Gasteiger partial charge in [0.1, 0.15) is 0 Å². The molecule has 0 aromatic heterocycles. The molecule has 4 aliphatic carbocycles. The maximum absolute atomic E-state index is 13.0. The SMILES string of the molecule is C[C@H](CCC(=O)N[C@@H](CS(=O)(=O)O)c1ccccc1)[C@H]1CC[C@H]2[C@@H]3CC[C@@H]4C[C@H](O)CC[C@]4(C)[C@H]3C[C@H](O)[C@]12C. The third kappa shape index (κ3) is 5.62. The highest BCUT2D eigenvalue weighted by Gasteiger charge is 2.63. The Kier molecular flexibility index (Phi) is 8.48. The summed E-state index contributed by atoms with van der Waals surface area (Å²) in [5.74, 6) is 1.99. The predicted octanol–water partition coefficient (Wildman–Crippen LogP) is 5.14. The van der Waals surface area contributed by atoms with Gasteiger partial charge in [-0.2, -0.15) is 8.42 Å². The third-order valence-corrected chi connectivity index (χ3v) is 13.0. The summed E-state index contributed by atoms with van der Waals surface area (Å²) < 4.78 is 32.7. The van der Waals surface area contributed by atoms with Crippen LogP contribution in [-0.4, -0.2) is 47.1 Å². The molecule has 4 fully saturated rings. The molecule has 7 nitrogen and oxygen atoms in total. The Morgan fingerprint density at radius 3 is 2.45 bits per heavy atom. The summed E-state index contributed by atoms with van der Waals surface area (Å²) in [5, 5.41) is 24.9. The van der Waals surface area contributed by atoms with Crippen LogP contribution in [0.3, 0.4) is 0 Å². The molecule has 0 heterocycles. The minimum atomic E-state index is -4.27. The van der Waals surface area contributed by atoms with E-state index in [1.807, 2.05) is 6.07 Å². The normalized spacial score (nSPS) is 40.8. The van der Waals surface area contributed by atoms with Crippen molar-refractivity contribution in [3.8, 4) is 0 Å². The molecule has 4 N–H and O–H groups in total. The van der Waals surface area contributed by atoms with Crippen LogP contribution in [-0.2, 0) is 14.9 Å². The average molecular weight is 576 g/mol. The molecule has 11 atom stereocenters. The van der Waals surface area contributed by atoms with E-state index < -0.39 is 21.9 Å². The largest absolute Gasteiger partial charge is 0.393 e. The molecule has 0 saturated heterocycles. The van der Waals surface area contributed by atoms with Crippen molar-refractivity contribution in [2.45, 2.75) is 103 Å². The van der Waals surface area contributed by atoms with Crippen LogP contribution in [0.1, 0.15) is 96.6 Å². The Hall–Kier alpha value is -1.48. The van der Waals surface area contributed by atoms with E-state index in [0.717, 1.165) is 38.5 Å². The first-order valence-electron chi connectivity index (χ1n) is 15.5. The van der Waals surface area contributed by atoms with Gasteiger partial charge in [-0.15, -0.1) is 0 Å². The van der Waals surface area contributed by atoms with Crippen LogP contribution in [0.4, 0.5) is 0 Å². The standard InChI is InChI=1S/C32H49NO6S/c1-20(9-14-30(36)33-28(19-40(37,38)39)21-7-5-4-6-8-21)25-12-13-26-24-11-10-22-17-23(34)15-16-31(22,2)27(24)18-29(35)32(25,26)3/h4-8,20,22-29,34-35H,9-19H2,1-3H3,(H,33,36)(H,37,38,39)/t20-,22-,23-,24+,25-,26+,27+,28+,29+,31+,32-/m1/s1. The van der Waals surface area contributed by atoms with E-state index in [2.05, 4.69) is 26.1 Å². The van der Waals surface area contributed by atoms with Gasteiger partial charge < -0.3 is 15.5 Å². The molecule has 0 bridgehead atoms. The number of carbonyl (C=O) groups excluding carboxylic acids is 1. The number of aliphatic hydroxyl groups excluding tert-OH is 2. The minimum absolute atomic E-state index is 0.161. The predicted molar refractivity (Wildman–Crippen MR) is 155 cm³/mol. The molecule has 224 valence electrons. The lowest BCUT2D eigenvalue weighted by molar-refractivity contribution is -0.175. The molecule has 40 heavy (non-hydrogen) atoms. The van der Waals surface area contributed by atoms with Crippen LogP contribution < -0.4 is 5.32 Å². The molecule has 0 unspecified atom stereocenters. The Balaban J connectivity index is 1.24. The van der Waals surface area contributed by atoms with Gasteiger partial charge in [0, 0.05) is 6.42 Å². The number of aliphatic hydroxyl groups is 2. The lowest BCUT2D eigenvalue weighted by Crippen LogP contribution is -2.58. The van der Waals surface area contributed by atoms with Gasteiger partial charge in [0.15, 0.2) is 0 Å². The number of rotatable bonds is 8. The van der Waals surface area contributed by atoms with Gasteiger partial charge in [-0.05, 0) is 110 Å². The monoisotopic (exact) mass is 575 g/mol. The fourth-order valence-corrected chi connectivity index (χ4v) is 10.8. The van der Waals surface area contributed by atoms with E-state index in [-0.39, 0.29) is 41.3 Å². The second-order valence-electron chi connectivity index (χ2n) is 14.2. The van der Waals surface area contributed by atoms with E-state index >= 15 is 0 Å². The maximum atomic E-state index is 13.0. The fourth-order valence-electron chi connectivity index (χ4n) is 10.1. The molecular weight excluding hydrogens is 526 g/mol. The lowest BCUT2D eigenvalue weighted by atomic mass is 9.43. The third-order valence-electron chi connectivity index (χ3n) is 12.2. The number of nitrogens with one attached hydrogen (secondary N) is 1. The fraction of sp³-hybridized carbons (Fsp3) is 0.781. The highest BCUT2D eigenvalue weighted by atomic mass is 32.2. The summed E-state index contributed by atoms with van der Waals surface area (Å²) in [6.45, 7) is 6.95. The zero-order valence-corrected chi connectivity index (χ0v) is 25.2. The number of benzene rings is 1. The number of amides is 1. The van der Waals surface area contributed by atoms with Gasteiger partial charge in [0.05, 0.1) is 24.0 Å². The number of carbonyl (C=O) groups is 1. The zero-order chi connectivity index (χ0) is 28.9. The van der Waals surface area contributed by atoms with Crippen LogP contribution in [0.15, 0.2) is 30.3 Å². The highest BCUT2D eigenvalue weighted by Crippen LogP contribution is 2.68. The smallest absolute Gasteiger partial charge is 0.267 e. The van der Waals surface area contributed by atoms with E-state index in [4.69, 9.17) is 0 Å². The second kappa shape index (κ2) is 11.3. The van der Waals surface area contributed by atoms with Gasteiger partial charge in [-0.25, -0.2) is 0 Å². The Labute approximate surface area is 240 Å². The van der Waals surface area contributed by atoms with E-state index in [0.29, 0.717) is 41.6 Å². The van der Waals surface area contributed by atoms with Crippen molar-refractivity contribution in [3.63, 3.8) is 0 Å². The summed E-state index contributed by atoms with van der Waals surface area (Å²) in [6.07, 6.45) is 8.70. The molecule has 8 heteroatoms. The van der Waals surface area contributed by atoms with E-state index in [1.165, 1.54) is 12.8 Å². The molecule has 4 aliphatic rings. The molecule has 4 saturated carbocycles. The first-order valence-corrected chi connectivity index (χ1v) is 17.1. The summed E-state index contributed by atoms with van der Waals surface area (Å²) >= 11 is 0. The Morgan fingerprint density at radius 1 is 1.02 bits per heavy atom. The molecule has 0 aliphatic heterocycles. The van der Waals surface area contributed by atoms with Gasteiger partial charge in [0.2, 0.25) is 5.91 Å². The summed E-state index contributed by atoms with van der Waals surface area (Å²) in [6, 6.07) is 8.07. The van der Waals surface area contributed by atoms with Gasteiger partial charge in [-0.1, -0.05) is 51.1 Å². The van der Waals surface area contributed by atoms with Crippen LogP contribution in [0, 0.1) is 46.3 Å². The summed E-state index contributed by atoms with van der Waals surface area (Å²) in [5.41, 5.74) is 0.693. The molecule has 5 rings (SSSR count). The van der Waals surface area contributed by atoms with Crippen molar-refractivity contribution in [2.24, 2.45) is 46.3 Å². The van der Waals surface area contributed by atoms with E-state index in [1.54, 1.807) is 24.3 Å². The van der Waals surface area contributed by atoms with Gasteiger partial charge >= 0.3 is 0 Å². The minimum Gasteiger partial charge on any atom is -0.393 e. The Morgan fingerprint density at radius 2 is 1.75 bits per heavy atom. The molecule has 1 aromatic carbocycles. The average Bonchev–Trinajstić information content (AvgIpc) is 3.26. The van der Waals surface area contributed by atoms with Crippen molar-refractivity contribution in [1.29, 1.82) is 0 Å². The quantitative estimate of drug-likeness (QED) is 0.318. The number of fused-ring (bicyclic) bond motifs is 5. The first kappa shape index (κ1) is 30.0. The van der Waals surface area contributed by atoms with Crippen LogP contribution in [0.25, 0.3) is 0 Å². The van der Waals surface area contributed by atoms with Gasteiger partial charge in [0.25, 0.3) is 10.1 Å². The van der Waals surface area contributed by atoms with Crippen molar-refractivity contribution < 1.29 is 28.0 Å². The van der Waals surface area contributed by atoms with Crippen LogP contribution >= 0.6 is 0 Å². The van der Waals surface area contributed by atoms with E-state index in [9.17, 15) is 28.0 Å². The number of hydrogen-bond donors (Lipinski definition) is 4. The number of hydrogen-bond acceptors (Lipinski definition) is 5. The first-order chi connectivity index (χ1) is 18.8. The highest BCUT2D eigenvalue weighted by molar-refractivity contribution is 7.85. The molecule has 0 radical (unpaired) electrons. The topological polar surface area (TPSA) is 124 Å². The van der Waals surface area contributed by atoms with Crippen LogP contribution in [0.2, 0.25) is 0 Å². The van der Waals surface area contributed by atoms with Gasteiger partial charge in [-0.3, -0.25) is 9.35 Å². The summed E-state index contributed by atoms with van der Waals surface area (Å²) in [7, 11) is -4.27. The maximum Gasteiger partial charge on any atom is 0.267 e. The summed E-state index contributed by atoms with van der Waals surface area (Å²) in [4.78, 5) is 13.0. The van der Waals surface area contributed by atoms with Crippen molar-refractivity contribution in [2.75, 3.05) is 5.75 Å². The molecule has 1 amide bonds. The second-order valence-corrected chi connectivity index (χ2v) is 15.7. The Bertz CT molecular complexity index is 1160.